The molecule has 0 saturated heterocycles. The van der Waals surface area contributed by atoms with Gasteiger partial charge in [0.15, 0.2) is 6.39 Å². The van der Waals surface area contributed by atoms with Crippen LogP contribution in [0.4, 0.5) is 0 Å². The van der Waals surface area contributed by atoms with Crippen molar-refractivity contribution in [1.82, 2.24) is 10.3 Å². The van der Waals surface area contributed by atoms with E-state index in [0.717, 1.165) is 0 Å². The lowest BCUT2D eigenvalue weighted by Crippen LogP contribution is -2.25. The van der Waals surface area contributed by atoms with Gasteiger partial charge in [-0.3, -0.25) is 4.79 Å². The second kappa shape index (κ2) is 6.93. The molecule has 0 bridgehead atoms. The van der Waals surface area contributed by atoms with Crippen LogP contribution in [0.25, 0.3) is 0 Å². The first kappa shape index (κ1) is 15.8. The van der Waals surface area contributed by atoms with Crippen LogP contribution in [-0.2, 0) is 11.3 Å². The van der Waals surface area contributed by atoms with Gasteiger partial charge in [0.1, 0.15) is 11.5 Å². The van der Waals surface area contributed by atoms with Gasteiger partial charge < -0.3 is 14.8 Å². The van der Waals surface area contributed by atoms with Crippen molar-refractivity contribution in [3.05, 3.63) is 51.7 Å². The lowest BCUT2D eigenvalue weighted by Gasteiger charge is -2.12. The van der Waals surface area contributed by atoms with Crippen molar-refractivity contribution in [3.8, 4) is 0 Å². The van der Waals surface area contributed by atoms with Crippen molar-refractivity contribution in [3.63, 3.8) is 0 Å². The van der Waals surface area contributed by atoms with Gasteiger partial charge in [-0.15, -0.1) is 0 Å². The Morgan fingerprint density at radius 3 is 2.62 bits per heavy atom. The molecule has 5 nitrogen and oxygen atoms in total. The third-order valence-corrected chi connectivity index (χ3v) is 3.38. The number of hydrogen-bond donors (Lipinski definition) is 2. The molecule has 2 rings (SSSR count). The van der Waals surface area contributed by atoms with Crippen LogP contribution in [0.3, 0.4) is 0 Å². The number of nitrogens with zero attached hydrogens (tertiary/aromatic N) is 1. The van der Waals surface area contributed by atoms with Gasteiger partial charge >= 0.3 is 0 Å². The van der Waals surface area contributed by atoms with Gasteiger partial charge in [0.05, 0.1) is 19.1 Å². The van der Waals surface area contributed by atoms with E-state index in [4.69, 9.17) is 27.6 Å². The van der Waals surface area contributed by atoms with Crippen molar-refractivity contribution >= 4 is 29.1 Å². The fraction of sp³-hybridized carbons (Fsp3) is 0.286. The maximum atomic E-state index is 11.8. The van der Waals surface area contributed by atoms with Gasteiger partial charge in [-0.2, -0.15) is 0 Å². The van der Waals surface area contributed by atoms with E-state index < -0.39 is 6.10 Å². The van der Waals surface area contributed by atoms with Gasteiger partial charge in [0.25, 0.3) is 0 Å². The Kier molecular flexibility index (Phi) is 5.22. The van der Waals surface area contributed by atoms with E-state index in [2.05, 4.69) is 10.3 Å². The minimum Gasteiger partial charge on any atom is -0.448 e. The summed E-state index contributed by atoms with van der Waals surface area (Å²) in [6.45, 7) is 2.02. The van der Waals surface area contributed by atoms with Crippen molar-refractivity contribution in [2.45, 2.75) is 26.0 Å². The number of aromatic nitrogens is 1. The van der Waals surface area contributed by atoms with Gasteiger partial charge in [-0.25, -0.2) is 4.98 Å². The Bertz CT molecular complexity index is 623. The Morgan fingerprint density at radius 2 is 2.05 bits per heavy atom. The van der Waals surface area contributed by atoms with E-state index in [1.54, 1.807) is 25.1 Å². The summed E-state index contributed by atoms with van der Waals surface area (Å²) in [6.07, 6.45) is 0.257. The maximum absolute atomic E-state index is 11.8. The first-order valence-electron chi connectivity index (χ1n) is 6.25. The molecule has 0 saturated carbocycles. The number of aliphatic hydroxyl groups is 1. The van der Waals surface area contributed by atoms with Crippen molar-refractivity contribution in [2.75, 3.05) is 0 Å². The highest BCUT2D eigenvalue weighted by atomic mass is 35.5. The number of amides is 1. The highest BCUT2D eigenvalue weighted by Crippen LogP contribution is 2.25. The quantitative estimate of drug-likeness (QED) is 0.884. The molecule has 0 aliphatic carbocycles. The molecule has 1 amide bonds. The number of carbonyl (C=O) groups excluding carboxylic acids is 1. The van der Waals surface area contributed by atoms with Crippen LogP contribution in [-0.4, -0.2) is 16.0 Å². The van der Waals surface area contributed by atoms with Gasteiger partial charge in [0, 0.05) is 10.0 Å². The van der Waals surface area contributed by atoms with Crippen LogP contribution in [0.1, 0.15) is 29.5 Å². The summed E-state index contributed by atoms with van der Waals surface area (Å²) in [6, 6.07) is 4.72. The molecule has 2 aromatic rings. The van der Waals surface area contributed by atoms with E-state index in [1.165, 1.54) is 6.39 Å². The number of halogens is 2. The summed E-state index contributed by atoms with van der Waals surface area (Å²) in [5.74, 6) is 0.346. The zero-order chi connectivity index (χ0) is 15.4. The smallest absolute Gasteiger partial charge is 0.223 e. The number of aliphatic hydroxyl groups excluding tert-OH is 1. The second-order valence-corrected chi connectivity index (χ2v) is 5.43. The van der Waals surface area contributed by atoms with E-state index in [0.29, 0.717) is 27.1 Å². The lowest BCUT2D eigenvalue weighted by molar-refractivity contribution is -0.123. The molecule has 112 valence electrons. The number of carbonyl (C=O) groups is 1. The van der Waals surface area contributed by atoms with Crippen molar-refractivity contribution in [2.24, 2.45) is 0 Å². The number of nitrogens with one attached hydrogen (secondary N) is 1. The summed E-state index contributed by atoms with van der Waals surface area (Å²) in [4.78, 5) is 15.8. The molecule has 0 spiro atoms. The Hall–Kier alpha value is -1.56. The fourth-order valence-corrected chi connectivity index (χ4v) is 2.36. The normalized spacial score (nSPS) is 12.2. The van der Waals surface area contributed by atoms with Crippen molar-refractivity contribution < 1.29 is 14.3 Å². The maximum Gasteiger partial charge on any atom is 0.223 e. The van der Waals surface area contributed by atoms with Crippen LogP contribution in [0.15, 0.2) is 29.0 Å². The molecule has 1 atom stereocenters. The molecule has 0 aliphatic heterocycles. The van der Waals surface area contributed by atoms with Gasteiger partial charge in [-0.05, 0) is 30.7 Å². The largest absolute Gasteiger partial charge is 0.448 e. The molecule has 1 aromatic heterocycles. The Balaban J connectivity index is 1.91. The third kappa shape index (κ3) is 4.46. The fourth-order valence-electron chi connectivity index (χ4n) is 1.81. The first-order valence-corrected chi connectivity index (χ1v) is 7.01. The summed E-state index contributed by atoms with van der Waals surface area (Å²) in [5.41, 5.74) is 1.16. The number of aryl methyl sites for hydroxylation is 1. The first-order chi connectivity index (χ1) is 9.95. The predicted octanol–water partition coefficient (Wildman–Crippen LogP) is 3.03. The summed E-state index contributed by atoms with van der Waals surface area (Å²) in [7, 11) is 0. The van der Waals surface area contributed by atoms with Gasteiger partial charge in [-0.1, -0.05) is 23.2 Å². The van der Waals surface area contributed by atoms with E-state index in [9.17, 15) is 9.90 Å². The molecule has 2 N–H and O–H groups in total. The molecule has 0 fully saturated rings. The minimum absolute atomic E-state index is 0.0897. The van der Waals surface area contributed by atoms with E-state index in [-0.39, 0.29) is 18.9 Å². The summed E-state index contributed by atoms with van der Waals surface area (Å²) >= 11 is 11.7. The van der Waals surface area contributed by atoms with Crippen LogP contribution < -0.4 is 5.32 Å². The van der Waals surface area contributed by atoms with Crippen molar-refractivity contribution in [1.29, 1.82) is 0 Å². The average molecular weight is 329 g/mol. The van der Waals surface area contributed by atoms with E-state index in [1.807, 2.05) is 0 Å². The highest BCUT2D eigenvalue weighted by molar-refractivity contribution is 6.34. The number of benzene rings is 1. The zero-order valence-electron chi connectivity index (χ0n) is 11.3. The average Bonchev–Trinajstić information content (AvgIpc) is 2.80. The van der Waals surface area contributed by atoms with Crippen LogP contribution >= 0.6 is 23.2 Å². The summed E-state index contributed by atoms with van der Waals surface area (Å²) in [5, 5.41) is 13.5. The monoisotopic (exact) mass is 328 g/mol. The molecule has 1 heterocycles. The topological polar surface area (TPSA) is 75.4 Å². The molecule has 0 aliphatic rings. The minimum atomic E-state index is -0.973. The van der Waals surface area contributed by atoms with E-state index >= 15 is 0 Å². The lowest BCUT2D eigenvalue weighted by atomic mass is 10.1. The third-order valence-electron chi connectivity index (χ3n) is 2.95. The van der Waals surface area contributed by atoms with Crippen LogP contribution in [0, 0.1) is 6.92 Å². The van der Waals surface area contributed by atoms with Gasteiger partial charge in [0.2, 0.25) is 5.91 Å². The molecule has 0 radical (unpaired) electrons. The summed E-state index contributed by atoms with van der Waals surface area (Å²) < 4.78 is 5.03. The number of rotatable bonds is 5. The standard InChI is InChI=1S/C14H14Cl2N2O3/c1-8-12(18-7-21-8)6-17-14(20)5-13(19)9-2-10(15)4-11(16)3-9/h2-4,7,13,19H,5-6H2,1H3,(H,17,20). The van der Waals surface area contributed by atoms with Crippen LogP contribution in [0.5, 0.6) is 0 Å². The molecule has 7 heteroatoms. The predicted molar refractivity (Wildman–Crippen MR) is 79.1 cm³/mol. The van der Waals surface area contributed by atoms with Crippen LogP contribution in [0.2, 0.25) is 10.0 Å². The highest BCUT2D eigenvalue weighted by Gasteiger charge is 2.15. The number of oxazole rings is 1. The molecule has 1 aromatic carbocycles. The Labute approximate surface area is 131 Å². The molecule has 21 heavy (non-hydrogen) atoms. The molecular weight excluding hydrogens is 315 g/mol. The molecule has 1 unspecified atom stereocenters. The molecular formula is C14H14Cl2N2O3. The number of hydrogen-bond acceptors (Lipinski definition) is 4. The second-order valence-electron chi connectivity index (χ2n) is 4.55. The zero-order valence-corrected chi connectivity index (χ0v) is 12.8. The Morgan fingerprint density at radius 1 is 1.38 bits per heavy atom. The SMILES string of the molecule is Cc1ocnc1CNC(=O)CC(O)c1cc(Cl)cc(Cl)c1.